The highest BCUT2D eigenvalue weighted by Crippen LogP contribution is 2.28. The first-order chi connectivity index (χ1) is 15.0. The number of aromatic nitrogens is 3. The van der Waals surface area contributed by atoms with Crippen molar-refractivity contribution in [3.8, 4) is 6.07 Å². The molecule has 1 unspecified atom stereocenters. The second-order valence-corrected chi connectivity index (χ2v) is 8.56. The molecule has 2 aliphatic heterocycles. The van der Waals surface area contributed by atoms with Crippen molar-refractivity contribution in [3.05, 3.63) is 28.7 Å². The third kappa shape index (κ3) is 5.15. The molecule has 0 aliphatic carbocycles. The van der Waals surface area contributed by atoms with E-state index < -0.39 is 0 Å². The molecule has 4 heterocycles. The number of aryl methyl sites for hydroxylation is 1. The van der Waals surface area contributed by atoms with E-state index in [0.29, 0.717) is 42.1 Å². The van der Waals surface area contributed by atoms with Gasteiger partial charge < -0.3 is 15.5 Å². The molecule has 2 aliphatic rings. The first-order valence-electron chi connectivity index (χ1n) is 10.2. The van der Waals surface area contributed by atoms with Crippen LogP contribution in [0.3, 0.4) is 0 Å². The van der Waals surface area contributed by atoms with E-state index >= 15 is 0 Å². The van der Waals surface area contributed by atoms with Gasteiger partial charge in [-0.05, 0) is 26.3 Å². The lowest BCUT2D eigenvalue weighted by Gasteiger charge is -2.30. The van der Waals surface area contributed by atoms with E-state index in [4.69, 9.17) is 5.26 Å². The Kier molecular flexibility index (Phi) is 6.39. The topological polar surface area (TPSA) is 127 Å². The van der Waals surface area contributed by atoms with Gasteiger partial charge >= 0.3 is 0 Å². The molecule has 10 nitrogen and oxygen atoms in total. The molecule has 4 rings (SSSR count). The van der Waals surface area contributed by atoms with Crippen LogP contribution in [0, 0.1) is 18.3 Å². The zero-order chi connectivity index (χ0) is 21.8. The molecule has 0 radical (unpaired) electrons. The fourth-order valence-corrected chi connectivity index (χ4v) is 4.61. The Bertz CT molecular complexity index is 1020. The van der Waals surface area contributed by atoms with Gasteiger partial charge in [-0.2, -0.15) is 5.26 Å². The van der Waals surface area contributed by atoms with Crippen LogP contribution in [0.4, 0.5) is 10.9 Å². The van der Waals surface area contributed by atoms with Gasteiger partial charge in [-0.3, -0.25) is 14.5 Å². The minimum Gasteiger partial charge on any atom is -0.353 e. The van der Waals surface area contributed by atoms with E-state index in [2.05, 4.69) is 36.6 Å². The Hall–Kier alpha value is -3.10. The summed E-state index contributed by atoms with van der Waals surface area (Å²) in [6, 6.07) is 4.15. The van der Waals surface area contributed by atoms with Crippen LogP contribution in [0.15, 0.2) is 11.4 Å². The number of anilines is 2. The molecular weight excluding hydrogens is 416 g/mol. The number of nitriles is 1. The zero-order valence-electron chi connectivity index (χ0n) is 17.3. The number of amides is 2. The van der Waals surface area contributed by atoms with Gasteiger partial charge in [0.05, 0.1) is 24.9 Å². The Morgan fingerprint density at radius 1 is 1.39 bits per heavy atom. The summed E-state index contributed by atoms with van der Waals surface area (Å²) in [5.74, 6) is 1.13. The van der Waals surface area contributed by atoms with E-state index in [1.807, 2.05) is 13.0 Å². The largest absolute Gasteiger partial charge is 0.353 e. The molecule has 0 aromatic carbocycles. The lowest BCUT2D eigenvalue weighted by atomic mass is 9.94. The molecule has 0 bridgehead atoms. The van der Waals surface area contributed by atoms with Crippen molar-refractivity contribution in [3.63, 3.8) is 0 Å². The van der Waals surface area contributed by atoms with Crippen molar-refractivity contribution in [2.24, 2.45) is 0 Å². The molecule has 2 amide bonds. The summed E-state index contributed by atoms with van der Waals surface area (Å²) >= 11 is 1.32. The van der Waals surface area contributed by atoms with E-state index in [1.165, 1.54) is 16.2 Å². The molecule has 0 saturated carbocycles. The van der Waals surface area contributed by atoms with Crippen molar-refractivity contribution >= 4 is 34.1 Å². The highest BCUT2D eigenvalue weighted by molar-refractivity contribution is 7.14. The summed E-state index contributed by atoms with van der Waals surface area (Å²) in [7, 11) is 0. The van der Waals surface area contributed by atoms with Crippen molar-refractivity contribution in [2.75, 3.05) is 44.6 Å². The summed E-state index contributed by atoms with van der Waals surface area (Å²) in [5.41, 5.74) is 1.26. The van der Waals surface area contributed by atoms with Crippen molar-refractivity contribution in [2.45, 2.75) is 25.7 Å². The molecule has 31 heavy (non-hydrogen) atoms. The number of thiazole rings is 1. The van der Waals surface area contributed by atoms with Gasteiger partial charge in [0.15, 0.2) is 5.13 Å². The number of carbonyl (C=O) groups is 2. The fourth-order valence-electron chi connectivity index (χ4n) is 3.92. The second-order valence-electron chi connectivity index (χ2n) is 7.70. The first-order valence-corrected chi connectivity index (χ1v) is 11.1. The number of likely N-dealkylation sites (tertiary alicyclic amines) is 1. The maximum absolute atomic E-state index is 12.6. The average molecular weight is 441 g/mol. The number of rotatable bonds is 5. The Balaban J connectivity index is 1.46. The number of piperidine rings is 1. The molecule has 0 spiro atoms. The number of piperazine rings is 1. The van der Waals surface area contributed by atoms with Gasteiger partial charge in [-0.1, -0.05) is 0 Å². The first kappa shape index (κ1) is 21.1. The summed E-state index contributed by atoms with van der Waals surface area (Å²) < 4.78 is 0. The Labute approximate surface area is 184 Å². The molecule has 2 aromatic heterocycles. The quantitative estimate of drug-likeness (QED) is 0.665. The molecule has 11 heteroatoms. The molecule has 2 fully saturated rings. The van der Waals surface area contributed by atoms with Gasteiger partial charge in [-0.25, -0.2) is 15.0 Å². The molecule has 162 valence electrons. The van der Waals surface area contributed by atoms with Crippen LogP contribution < -0.4 is 10.6 Å². The highest BCUT2D eigenvalue weighted by Gasteiger charge is 2.25. The summed E-state index contributed by atoms with van der Waals surface area (Å²) in [5, 5.41) is 17.1. The molecular formula is C20H24N8O2S. The lowest BCUT2D eigenvalue weighted by Crippen LogP contribution is -2.50. The Morgan fingerprint density at radius 2 is 2.26 bits per heavy atom. The normalized spacial score (nSPS) is 19.5. The van der Waals surface area contributed by atoms with Crippen LogP contribution >= 0.6 is 11.3 Å². The monoisotopic (exact) mass is 440 g/mol. The standard InChI is InChI=1S/C20H24N8O2S/c1-13-23-15(14-3-2-6-27(10-14)7-4-21)9-17(24-13)26-20-25-16(12-31-20)19(30)28-8-5-22-18(29)11-28/h9,12,14H,2-3,5-8,10-11H2,1H3,(H,22,29)(H,23,24,25,26). The van der Waals surface area contributed by atoms with Crippen LogP contribution in [0.1, 0.15) is 40.8 Å². The predicted molar refractivity (Wildman–Crippen MR) is 115 cm³/mol. The number of hydrogen-bond acceptors (Lipinski definition) is 9. The minimum atomic E-state index is -0.251. The maximum Gasteiger partial charge on any atom is 0.273 e. The van der Waals surface area contributed by atoms with Gasteiger partial charge in [0, 0.05) is 37.0 Å². The summed E-state index contributed by atoms with van der Waals surface area (Å²) in [4.78, 5) is 41.3. The van der Waals surface area contributed by atoms with Crippen LogP contribution in [-0.2, 0) is 4.79 Å². The van der Waals surface area contributed by atoms with Gasteiger partial charge in [0.2, 0.25) is 5.91 Å². The third-order valence-electron chi connectivity index (χ3n) is 5.36. The summed E-state index contributed by atoms with van der Waals surface area (Å²) in [6.07, 6.45) is 2.06. The third-order valence-corrected chi connectivity index (χ3v) is 6.12. The molecule has 2 N–H and O–H groups in total. The van der Waals surface area contributed by atoms with Gasteiger partial charge in [-0.15, -0.1) is 11.3 Å². The minimum absolute atomic E-state index is 0.0534. The Morgan fingerprint density at radius 3 is 3.06 bits per heavy atom. The lowest BCUT2D eigenvalue weighted by molar-refractivity contribution is -0.123. The van der Waals surface area contributed by atoms with Crippen molar-refractivity contribution in [1.82, 2.24) is 30.1 Å². The maximum atomic E-state index is 12.6. The SMILES string of the molecule is Cc1nc(Nc2nc(C(=O)N3CCNC(=O)C3)cs2)cc(C2CCCN(CC#N)C2)n1. The van der Waals surface area contributed by atoms with Gasteiger partial charge in [0.25, 0.3) is 5.91 Å². The van der Waals surface area contributed by atoms with E-state index in [9.17, 15) is 9.59 Å². The van der Waals surface area contributed by atoms with Crippen LogP contribution in [0.2, 0.25) is 0 Å². The van der Waals surface area contributed by atoms with Crippen molar-refractivity contribution < 1.29 is 9.59 Å². The molecule has 2 saturated heterocycles. The highest BCUT2D eigenvalue weighted by atomic mass is 32.1. The fraction of sp³-hybridized carbons (Fsp3) is 0.500. The smallest absolute Gasteiger partial charge is 0.273 e. The van der Waals surface area contributed by atoms with E-state index in [1.54, 1.807) is 5.38 Å². The van der Waals surface area contributed by atoms with E-state index in [0.717, 1.165) is 31.6 Å². The number of hydrogen-bond donors (Lipinski definition) is 2. The van der Waals surface area contributed by atoms with Crippen LogP contribution in [0.5, 0.6) is 0 Å². The van der Waals surface area contributed by atoms with Gasteiger partial charge in [0.1, 0.15) is 17.3 Å². The molecule has 1 atom stereocenters. The van der Waals surface area contributed by atoms with Crippen molar-refractivity contribution in [1.29, 1.82) is 5.26 Å². The second kappa shape index (κ2) is 9.36. The van der Waals surface area contributed by atoms with Crippen LogP contribution in [0.25, 0.3) is 0 Å². The number of carbonyl (C=O) groups excluding carboxylic acids is 2. The zero-order valence-corrected chi connectivity index (χ0v) is 18.1. The summed E-state index contributed by atoms with van der Waals surface area (Å²) in [6.45, 7) is 5.01. The number of nitrogens with zero attached hydrogens (tertiary/aromatic N) is 6. The van der Waals surface area contributed by atoms with E-state index in [-0.39, 0.29) is 24.3 Å². The molecule has 2 aromatic rings. The predicted octanol–water partition coefficient (Wildman–Crippen LogP) is 1.26. The van der Waals surface area contributed by atoms with Crippen LogP contribution in [-0.4, -0.2) is 75.8 Å². The average Bonchev–Trinajstić information content (AvgIpc) is 3.21. The number of nitrogens with one attached hydrogen (secondary N) is 2.